The molecule has 4 aliphatic carbocycles. The highest BCUT2D eigenvalue weighted by atomic mass is 16.5. The molecule has 4 heteroatoms. The van der Waals surface area contributed by atoms with Crippen LogP contribution >= 0.6 is 0 Å². The molecule has 0 unspecified atom stereocenters. The molecule has 4 fully saturated rings. The second-order valence-corrected chi connectivity index (χ2v) is 23.2. The van der Waals surface area contributed by atoms with Crippen molar-refractivity contribution in [3.63, 3.8) is 0 Å². The van der Waals surface area contributed by atoms with Gasteiger partial charge < -0.3 is 9.47 Å². The second-order valence-electron chi connectivity index (χ2n) is 23.2. The maximum atomic E-state index is 5.84. The van der Waals surface area contributed by atoms with Gasteiger partial charge in [-0.2, -0.15) is 0 Å². The summed E-state index contributed by atoms with van der Waals surface area (Å²) in [6, 6.07) is 8.61. The number of ether oxygens (including phenoxy) is 2. The highest BCUT2D eigenvalue weighted by Gasteiger charge is 2.26. The molecule has 4 aliphatic rings. The molecule has 4 nitrogen and oxygen atoms in total. The van der Waals surface area contributed by atoms with E-state index < -0.39 is 0 Å². The topological polar surface area (TPSA) is 44.2 Å². The molecule has 6 rings (SSSR count). The lowest BCUT2D eigenvalue weighted by Gasteiger charge is -2.32. The number of rotatable bonds is 31. The third-order valence-corrected chi connectivity index (χ3v) is 17.8. The molecule has 382 valence electrons. The van der Waals surface area contributed by atoms with Crippen molar-refractivity contribution in [2.45, 2.75) is 278 Å². The molecule has 4 saturated carbocycles. The van der Waals surface area contributed by atoms with Crippen molar-refractivity contribution in [1.82, 2.24) is 9.97 Å². The van der Waals surface area contributed by atoms with E-state index >= 15 is 0 Å². The number of unbranched alkanes of at least 4 members (excludes halogenated alkanes) is 9. The van der Waals surface area contributed by atoms with Gasteiger partial charge in [-0.1, -0.05) is 240 Å². The van der Waals surface area contributed by atoms with Crippen LogP contribution in [-0.2, 0) is 12.8 Å². The fourth-order valence-electron chi connectivity index (χ4n) is 12.8. The van der Waals surface area contributed by atoms with Gasteiger partial charge >= 0.3 is 0 Å². The first-order valence-electron chi connectivity index (χ1n) is 30.2. The Kier molecular flexibility index (Phi) is 29.2. The molecule has 0 atom stereocenters. The number of nitrogens with zero attached hydrogens (tertiary/aromatic N) is 2. The highest BCUT2D eigenvalue weighted by molar-refractivity contribution is 5.20. The summed E-state index contributed by atoms with van der Waals surface area (Å²) >= 11 is 0. The molecule has 0 amide bonds. The normalized spacial score (nSPS) is 25.6. The van der Waals surface area contributed by atoms with Gasteiger partial charge in [-0.05, 0) is 110 Å². The summed E-state index contributed by atoms with van der Waals surface area (Å²) in [5, 5.41) is 0. The summed E-state index contributed by atoms with van der Waals surface area (Å²) in [6.07, 6.45) is 58.9. The largest absolute Gasteiger partial charge is 0.492 e. The number of pyridine rings is 2. The zero-order chi connectivity index (χ0) is 47.0. The second kappa shape index (κ2) is 35.1. The van der Waals surface area contributed by atoms with E-state index in [0.29, 0.717) is 0 Å². The van der Waals surface area contributed by atoms with Gasteiger partial charge in [0.15, 0.2) is 0 Å². The number of hydrogen-bond acceptors (Lipinski definition) is 4. The number of hydrogen-bond donors (Lipinski definition) is 0. The van der Waals surface area contributed by atoms with E-state index in [0.717, 1.165) is 97.7 Å². The van der Waals surface area contributed by atoms with Crippen molar-refractivity contribution < 1.29 is 9.47 Å². The molecule has 2 aromatic heterocycles. The molecule has 0 aromatic carbocycles. The molecule has 2 aromatic rings. The average molecular weight is 926 g/mol. The van der Waals surface area contributed by atoms with Crippen molar-refractivity contribution in [1.29, 1.82) is 0 Å². The van der Waals surface area contributed by atoms with E-state index in [4.69, 9.17) is 9.47 Å². The molecule has 67 heavy (non-hydrogen) atoms. The third kappa shape index (κ3) is 24.0. The predicted octanol–water partition coefficient (Wildman–Crippen LogP) is 19.5. The van der Waals surface area contributed by atoms with Gasteiger partial charge in [-0.15, -0.1) is 0 Å². The molecular formula is C63H108N2O2. The molecule has 0 N–H and O–H groups in total. The van der Waals surface area contributed by atoms with Gasteiger partial charge in [0.1, 0.15) is 11.5 Å². The van der Waals surface area contributed by atoms with Crippen LogP contribution in [0.5, 0.6) is 11.5 Å². The fourth-order valence-corrected chi connectivity index (χ4v) is 12.8. The fraction of sp³-hybridized carbons (Fsp3) is 0.841. The molecule has 2 heterocycles. The van der Waals surface area contributed by atoms with Crippen LogP contribution in [0.2, 0.25) is 0 Å². The lowest BCUT2D eigenvalue weighted by atomic mass is 9.74. The van der Waals surface area contributed by atoms with Crippen molar-refractivity contribution in [2.24, 2.45) is 47.3 Å². The van der Waals surface area contributed by atoms with Crippen molar-refractivity contribution in [3.05, 3.63) is 48.0 Å². The first-order valence-corrected chi connectivity index (χ1v) is 30.2. The average Bonchev–Trinajstić information content (AvgIpc) is 3.38. The van der Waals surface area contributed by atoms with Gasteiger partial charge in [-0.25, -0.2) is 0 Å². The van der Waals surface area contributed by atoms with Crippen molar-refractivity contribution in [2.75, 3.05) is 13.2 Å². The molecule has 0 saturated heterocycles. The van der Waals surface area contributed by atoms with Gasteiger partial charge in [0, 0.05) is 11.4 Å². The number of aryl methyl sites for hydroxylation is 2. The van der Waals surface area contributed by atoms with Crippen LogP contribution in [0.1, 0.15) is 277 Å². The zero-order valence-electron chi connectivity index (χ0n) is 44.8. The van der Waals surface area contributed by atoms with E-state index in [-0.39, 0.29) is 0 Å². The Morgan fingerprint density at radius 2 is 0.627 bits per heavy atom. The Hall–Kier alpha value is -2.10. The van der Waals surface area contributed by atoms with Crippen molar-refractivity contribution in [3.8, 4) is 11.5 Å². The van der Waals surface area contributed by atoms with E-state index in [1.807, 2.05) is 12.4 Å². The first kappa shape index (κ1) is 55.8. The maximum Gasteiger partial charge on any atom is 0.137 e. The molecule has 0 bridgehead atoms. The Morgan fingerprint density at radius 1 is 0.328 bits per heavy atom. The summed E-state index contributed by atoms with van der Waals surface area (Å²) < 4.78 is 11.7. The predicted molar refractivity (Wildman–Crippen MR) is 288 cm³/mol. The Labute approximate surface area is 415 Å². The monoisotopic (exact) mass is 925 g/mol. The molecular weight excluding hydrogens is 817 g/mol. The molecule has 0 aliphatic heterocycles. The molecule has 0 spiro atoms. The van der Waals surface area contributed by atoms with Gasteiger partial charge in [0.25, 0.3) is 0 Å². The first-order chi connectivity index (χ1) is 33.0. The van der Waals surface area contributed by atoms with E-state index in [2.05, 4.69) is 61.9 Å². The SMILES string of the molecule is CCCCCCOc1ccc(CCC2CCC(CCC3CCC(CCCC)CC3)CC2)nc1.CCCCCCOc1ccc(CCC2CCC(CCC3CCC(CCCCC)CC3)CC2)nc1. The van der Waals surface area contributed by atoms with E-state index in [1.165, 1.54) is 236 Å². The van der Waals surface area contributed by atoms with Gasteiger partial charge in [0.2, 0.25) is 0 Å². The highest BCUT2D eigenvalue weighted by Crippen LogP contribution is 2.40. The minimum absolute atomic E-state index is 0.824. The Morgan fingerprint density at radius 3 is 0.940 bits per heavy atom. The Bertz CT molecular complexity index is 1430. The van der Waals surface area contributed by atoms with Crippen LogP contribution < -0.4 is 9.47 Å². The van der Waals surface area contributed by atoms with Crippen LogP contribution in [0.25, 0.3) is 0 Å². The Balaban J connectivity index is 0.000000251. The van der Waals surface area contributed by atoms with E-state index in [9.17, 15) is 0 Å². The van der Waals surface area contributed by atoms with Gasteiger partial charge in [0.05, 0.1) is 25.6 Å². The molecule has 0 radical (unpaired) electrons. The lowest BCUT2D eigenvalue weighted by Crippen LogP contribution is -2.18. The summed E-state index contributed by atoms with van der Waals surface area (Å²) in [5.74, 6) is 9.98. The van der Waals surface area contributed by atoms with Crippen LogP contribution in [0.3, 0.4) is 0 Å². The third-order valence-electron chi connectivity index (χ3n) is 17.8. The summed E-state index contributed by atoms with van der Waals surface area (Å²) in [5.41, 5.74) is 2.48. The van der Waals surface area contributed by atoms with Crippen LogP contribution in [-0.4, -0.2) is 23.2 Å². The van der Waals surface area contributed by atoms with Crippen LogP contribution in [0.15, 0.2) is 36.7 Å². The van der Waals surface area contributed by atoms with E-state index in [1.54, 1.807) is 0 Å². The van der Waals surface area contributed by atoms with Crippen LogP contribution in [0, 0.1) is 47.3 Å². The summed E-state index contributed by atoms with van der Waals surface area (Å²) in [6.45, 7) is 10.8. The minimum atomic E-state index is 0.824. The zero-order valence-corrected chi connectivity index (χ0v) is 44.8. The summed E-state index contributed by atoms with van der Waals surface area (Å²) in [4.78, 5) is 9.35. The standard InChI is InChI=1S/C32H55NO.C31H53NO/c1-3-5-7-9-25-34-32-24-23-31(33-26-32)22-21-30-19-17-29(18-20-30)16-15-28-13-11-27(12-14-28)10-8-6-4-2;1-3-5-7-8-24-33-31-23-22-30(32-25-31)21-20-29-18-16-28(17-19-29)15-14-27-12-10-26(11-13-27)9-6-4-2/h23-24,26-30H,3-22,25H2,1-2H3;22-23,25-29H,3-21,24H2,1-2H3. The lowest BCUT2D eigenvalue weighted by molar-refractivity contribution is 0.208. The quantitative estimate of drug-likeness (QED) is 0.0707. The number of aromatic nitrogens is 2. The van der Waals surface area contributed by atoms with Crippen LogP contribution in [0.4, 0.5) is 0 Å². The smallest absolute Gasteiger partial charge is 0.137 e. The summed E-state index contributed by atoms with van der Waals surface area (Å²) in [7, 11) is 0. The minimum Gasteiger partial charge on any atom is -0.492 e. The van der Waals surface area contributed by atoms with Gasteiger partial charge in [-0.3, -0.25) is 9.97 Å². The maximum absolute atomic E-state index is 5.84. The van der Waals surface area contributed by atoms with Crippen molar-refractivity contribution >= 4 is 0 Å².